The second kappa shape index (κ2) is 17.0. The Kier molecular flexibility index (Phi) is 13.8. The Morgan fingerprint density at radius 1 is 0.922 bits per heavy atom. The molecule has 12 heteroatoms. The number of halogens is 2. The molecule has 1 aliphatic rings. The molecule has 10 nitrogen and oxygen atoms in total. The van der Waals surface area contributed by atoms with E-state index in [0.29, 0.717) is 30.4 Å². The minimum absolute atomic E-state index is 0.189. The van der Waals surface area contributed by atoms with E-state index in [1.807, 2.05) is 41.5 Å². The van der Waals surface area contributed by atoms with Crippen LogP contribution in [0.25, 0.3) is 0 Å². The van der Waals surface area contributed by atoms with Gasteiger partial charge in [0.2, 0.25) is 5.91 Å². The highest BCUT2D eigenvalue weighted by Gasteiger charge is 2.45. The fourth-order valence-corrected chi connectivity index (χ4v) is 6.78. The predicted octanol–water partition coefficient (Wildman–Crippen LogP) is 6.81. The Morgan fingerprint density at radius 2 is 1.41 bits per heavy atom. The maximum absolute atomic E-state index is 13.9. The maximum Gasteiger partial charge on any atom is 0.408 e. The number of nitrogens with zero attached hydrogens (tertiary/aromatic N) is 1. The summed E-state index contributed by atoms with van der Waals surface area (Å²) in [5.74, 6) is -1.02. The van der Waals surface area contributed by atoms with Crippen LogP contribution in [0.1, 0.15) is 92.7 Å². The van der Waals surface area contributed by atoms with Crippen molar-refractivity contribution in [3.63, 3.8) is 0 Å². The zero-order chi connectivity index (χ0) is 38.2. The van der Waals surface area contributed by atoms with E-state index in [0.717, 1.165) is 0 Å². The van der Waals surface area contributed by atoms with Crippen LogP contribution in [0.2, 0.25) is 0 Å². The van der Waals surface area contributed by atoms with Crippen molar-refractivity contribution < 1.29 is 33.1 Å². The molecule has 1 atom stereocenters. The van der Waals surface area contributed by atoms with Gasteiger partial charge in [0.05, 0.1) is 18.1 Å². The van der Waals surface area contributed by atoms with Gasteiger partial charge in [0.1, 0.15) is 17.2 Å². The molecule has 0 radical (unpaired) electrons. The standard InChI is InChI=1S/C39H57F2N5O5/c1-26(2)20-31(44-35(49)51-36(3,4)5)18-19-39(21-27-10-14-29(40)15-11-27,22-28-12-16-30(41)17-13-28)45-34(48)42-25-33(47)43-32-23-37(6,7)46(50)38(8,9)24-32/h10-19,26,31-32,50H,20-25H2,1-9H3,(H,43,47)(H,44,49)(H2,42,45,48)/b19-18+/t31-/m1/s1. The number of nitrogens with one attached hydrogen (secondary N) is 4. The third kappa shape index (κ3) is 13.6. The zero-order valence-electron chi connectivity index (χ0n) is 31.5. The number of urea groups is 1. The molecule has 1 heterocycles. The lowest BCUT2D eigenvalue weighted by Crippen LogP contribution is -2.63. The molecule has 2 aromatic rings. The number of alkyl carbamates (subject to hydrolysis) is 1. The quantitative estimate of drug-likeness (QED) is 0.145. The van der Waals surface area contributed by atoms with Gasteiger partial charge in [-0.05, 0) is 122 Å². The van der Waals surface area contributed by atoms with Crippen molar-refractivity contribution in [1.82, 2.24) is 26.3 Å². The molecule has 2 aromatic carbocycles. The van der Waals surface area contributed by atoms with Crippen LogP contribution in [0, 0.1) is 17.6 Å². The van der Waals surface area contributed by atoms with Gasteiger partial charge in [-0.25, -0.2) is 18.4 Å². The number of hydrogen-bond donors (Lipinski definition) is 5. The van der Waals surface area contributed by atoms with E-state index in [2.05, 4.69) is 21.3 Å². The molecule has 1 saturated heterocycles. The molecule has 0 spiro atoms. The Balaban J connectivity index is 1.92. The summed E-state index contributed by atoms with van der Waals surface area (Å²) in [6, 6.07) is 10.5. The van der Waals surface area contributed by atoms with Gasteiger partial charge < -0.3 is 31.2 Å². The molecule has 1 fully saturated rings. The van der Waals surface area contributed by atoms with E-state index in [1.54, 1.807) is 57.2 Å². The van der Waals surface area contributed by atoms with Crippen molar-refractivity contribution in [2.45, 2.75) is 129 Å². The first kappa shape index (κ1) is 41.4. The van der Waals surface area contributed by atoms with E-state index in [4.69, 9.17) is 4.74 Å². The van der Waals surface area contributed by atoms with Gasteiger partial charge in [-0.2, -0.15) is 5.06 Å². The molecule has 4 amide bonds. The van der Waals surface area contributed by atoms with Crippen LogP contribution in [0.15, 0.2) is 60.7 Å². The van der Waals surface area contributed by atoms with Crippen LogP contribution >= 0.6 is 0 Å². The molecular weight excluding hydrogens is 656 g/mol. The highest BCUT2D eigenvalue weighted by Crippen LogP contribution is 2.36. The summed E-state index contributed by atoms with van der Waals surface area (Å²) in [4.78, 5) is 39.6. The van der Waals surface area contributed by atoms with Gasteiger partial charge in [0.25, 0.3) is 0 Å². The molecular formula is C39H57F2N5O5. The number of hydroxylamine groups is 2. The number of amides is 4. The molecule has 282 valence electrons. The number of benzene rings is 2. The molecule has 51 heavy (non-hydrogen) atoms. The average Bonchev–Trinajstić information content (AvgIpc) is 2.98. The van der Waals surface area contributed by atoms with Gasteiger partial charge in [-0.3, -0.25) is 4.79 Å². The summed E-state index contributed by atoms with van der Waals surface area (Å²) in [6.07, 6.45) is 5.02. The lowest BCUT2D eigenvalue weighted by molar-refractivity contribution is -0.246. The number of carbonyl (C=O) groups is 3. The first-order valence-corrected chi connectivity index (χ1v) is 17.6. The van der Waals surface area contributed by atoms with Gasteiger partial charge in [-0.15, -0.1) is 0 Å². The van der Waals surface area contributed by atoms with Crippen molar-refractivity contribution in [3.05, 3.63) is 83.4 Å². The second-order valence-electron chi connectivity index (χ2n) is 16.4. The Labute approximate surface area is 301 Å². The van der Waals surface area contributed by atoms with Gasteiger partial charge >= 0.3 is 12.1 Å². The summed E-state index contributed by atoms with van der Waals surface area (Å²) in [5, 5.41) is 23.6. The number of ether oxygens (including phenoxy) is 1. The summed E-state index contributed by atoms with van der Waals surface area (Å²) in [5.41, 5.74) is -1.60. The summed E-state index contributed by atoms with van der Waals surface area (Å²) in [6.45, 7) is 16.7. The zero-order valence-corrected chi connectivity index (χ0v) is 31.5. The molecule has 3 rings (SSSR count). The van der Waals surface area contributed by atoms with Crippen molar-refractivity contribution in [1.29, 1.82) is 0 Å². The SMILES string of the molecule is CC(C)C[C@@H](/C=C/C(Cc1ccc(F)cc1)(Cc1ccc(F)cc1)NC(=O)NCC(=O)NC1CC(C)(C)N(O)C(C)(C)C1)NC(=O)OC(C)(C)C. The van der Waals surface area contributed by atoms with E-state index in [1.165, 1.54) is 29.3 Å². The molecule has 5 N–H and O–H groups in total. The molecule has 0 unspecified atom stereocenters. The van der Waals surface area contributed by atoms with Gasteiger partial charge in [0, 0.05) is 17.1 Å². The molecule has 0 saturated carbocycles. The Morgan fingerprint density at radius 3 is 1.86 bits per heavy atom. The minimum Gasteiger partial charge on any atom is -0.444 e. The molecule has 0 bridgehead atoms. The fourth-order valence-electron chi connectivity index (χ4n) is 6.78. The van der Waals surface area contributed by atoms with Crippen LogP contribution in [0.5, 0.6) is 0 Å². The number of carbonyl (C=O) groups excluding carboxylic acids is 3. The van der Waals surface area contributed by atoms with Gasteiger partial charge in [-0.1, -0.05) is 50.3 Å². The van der Waals surface area contributed by atoms with Crippen LogP contribution in [-0.4, -0.2) is 69.1 Å². The average molecular weight is 714 g/mol. The molecule has 0 aromatic heterocycles. The van der Waals surface area contributed by atoms with Crippen LogP contribution in [0.4, 0.5) is 18.4 Å². The summed E-state index contributed by atoms with van der Waals surface area (Å²) < 4.78 is 33.4. The lowest BCUT2D eigenvalue weighted by atomic mass is 9.79. The summed E-state index contributed by atoms with van der Waals surface area (Å²) >= 11 is 0. The first-order valence-electron chi connectivity index (χ1n) is 17.6. The lowest BCUT2D eigenvalue weighted by Gasteiger charge is -2.51. The van der Waals surface area contributed by atoms with Crippen LogP contribution in [-0.2, 0) is 22.4 Å². The topological polar surface area (TPSA) is 132 Å². The number of piperidine rings is 1. The third-order valence-electron chi connectivity index (χ3n) is 8.72. The molecule has 0 aliphatic carbocycles. The highest BCUT2D eigenvalue weighted by molar-refractivity contribution is 5.84. The van der Waals surface area contributed by atoms with Crippen molar-refractivity contribution in [2.24, 2.45) is 5.92 Å². The Bertz CT molecular complexity index is 1440. The monoisotopic (exact) mass is 713 g/mol. The molecule has 1 aliphatic heterocycles. The minimum atomic E-state index is -1.18. The first-order chi connectivity index (χ1) is 23.6. The summed E-state index contributed by atoms with van der Waals surface area (Å²) in [7, 11) is 0. The van der Waals surface area contributed by atoms with Gasteiger partial charge in [0.15, 0.2) is 0 Å². The Hall–Kier alpha value is -4.03. The maximum atomic E-state index is 13.9. The number of hydrogen-bond acceptors (Lipinski definition) is 6. The van der Waals surface area contributed by atoms with Crippen LogP contribution < -0.4 is 21.3 Å². The van der Waals surface area contributed by atoms with E-state index >= 15 is 0 Å². The second-order valence-corrected chi connectivity index (χ2v) is 16.4. The smallest absolute Gasteiger partial charge is 0.408 e. The third-order valence-corrected chi connectivity index (χ3v) is 8.72. The van der Waals surface area contributed by atoms with E-state index in [-0.39, 0.29) is 37.3 Å². The largest absolute Gasteiger partial charge is 0.444 e. The highest BCUT2D eigenvalue weighted by atomic mass is 19.1. The van der Waals surface area contributed by atoms with Crippen molar-refractivity contribution in [2.75, 3.05) is 6.54 Å². The van der Waals surface area contributed by atoms with E-state index < -0.39 is 52.0 Å². The van der Waals surface area contributed by atoms with E-state index in [9.17, 15) is 28.4 Å². The van der Waals surface area contributed by atoms with Crippen LogP contribution in [0.3, 0.4) is 0 Å². The normalized spacial score (nSPS) is 17.2. The fraction of sp³-hybridized carbons (Fsp3) is 0.564. The van der Waals surface area contributed by atoms with Crippen molar-refractivity contribution in [3.8, 4) is 0 Å². The number of rotatable bonds is 13. The van der Waals surface area contributed by atoms with Crippen molar-refractivity contribution >= 4 is 18.0 Å². The predicted molar refractivity (Wildman–Crippen MR) is 194 cm³/mol.